The van der Waals surface area contributed by atoms with E-state index in [4.69, 9.17) is 9.47 Å². The summed E-state index contributed by atoms with van der Waals surface area (Å²) < 4.78 is 24.2. The lowest BCUT2D eigenvalue weighted by Crippen LogP contribution is -2.45. The van der Waals surface area contributed by atoms with Crippen LogP contribution in [0.2, 0.25) is 0 Å². The van der Waals surface area contributed by atoms with Gasteiger partial charge in [-0.05, 0) is 38.2 Å². The zero-order chi connectivity index (χ0) is 15.2. The first kappa shape index (κ1) is 16.2. The Kier molecular flexibility index (Phi) is 5.96. The minimum atomic E-state index is -0.308. The molecule has 0 radical (unpaired) electrons. The average molecular weight is 296 g/mol. The Morgan fingerprint density at radius 1 is 1.48 bits per heavy atom. The molecule has 5 heteroatoms. The highest BCUT2D eigenvalue weighted by molar-refractivity contribution is 5.29. The van der Waals surface area contributed by atoms with E-state index in [-0.39, 0.29) is 11.6 Å². The molecule has 1 aromatic carbocycles. The van der Waals surface area contributed by atoms with Crippen LogP contribution in [0.25, 0.3) is 0 Å². The van der Waals surface area contributed by atoms with Crippen molar-refractivity contribution in [2.24, 2.45) is 5.92 Å². The maximum absolute atomic E-state index is 13.7. The molecule has 4 nitrogen and oxygen atoms in total. The van der Waals surface area contributed by atoms with Crippen molar-refractivity contribution < 1.29 is 13.9 Å². The van der Waals surface area contributed by atoms with Crippen LogP contribution in [0.15, 0.2) is 18.2 Å². The number of nitrogens with zero attached hydrogens (tertiary/aromatic N) is 1. The van der Waals surface area contributed by atoms with Crippen molar-refractivity contribution in [3.8, 4) is 5.75 Å². The van der Waals surface area contributed by atoms with E-state index < -0.39 is 0 Å². The van der Waals surface area contributed by atoms with Crippen LogP contribution in [-0.2, 0) is 11.3 Å². The van der Waals surface area contributed by atoms with E-state index in [1.54, 1.807) is 12.1 Å². The Morgan fingerprint density at radius 3 is 2.95 bits per heavy atom. The second-order valence-corrected chi connectivity index (χ2v) is 5.68. The molecule has 21 heavy (non-hydrogen) atoms. The molecule has 0 spiro atoms. The van der Waals surface area contributed by atoms with E-state index in [0.717, 1.165) is 31.7 Å². The standard InChI is InChI=1S/C16H25FN2O2/c1-18-15-6-7-21-11-13(15)10-19(2)9-12-4-5-16(20-3)14(17)8-12/h4-5,8,13,15,18H,6-7,9-11H2,1-3H3. The van der Waals surface area contributed by atoms with Crippen molar-refractivity contribution in [3.05, 3.63) is 29.6 Å². The normalized spacial score (nSPS) is 22.5. The number of benzene rings is 1. The summed E-state index contributed by atoms with van der Waals surface area (Å²) in [7, 11) is 5.54. The van der Waals surface area contributed by atoms with E-state index in [1.807, 2.05) is 13.1 Å². The lowest BCUT2D eigenvalue weighted by molar-refractivity contribution is 0.0208. The number of ether oxygens (including phenoxy) is 2. The fourth-order valence-electron chi connectivity index (χ4n) is 2.94. The number of halogens is 1. The van der Waals surface area contributed by atoms with E-state index >= 15 is 0 Å². The van der Waals surface area contributed by atoms with E-state index in [0.29, 0.717) is 18.5 Å². The molecule has 1 saturated heterocycles. The molecule has 0 amide bonds. The summed E-state index contributed by atoms with van der Waals surface area (Å²) in [6.07, 6.45) is 1.05. The maximum atomic E-state index is 13.7. The lowest BCUT2D eigenvalue weighted by Gasteiger charge is -2.34. The molecular weight excluding hydrogens is 271 g/mol. The Balaban J connectivity index is 1.91. The molecule has 1 heterocycles. The molecule has 1 fully saturated rings. The van der Waals surface area contributed by atoms with Gasteiger partial charge in [0.1, 0.15) is 0 Å². The number of nitrogens with one attached hydrogen (secondary N) is 1. The fraction of sp³-hybridized carbons (Fsp3) is 0.625. The van der Waals surface area contributed by atoms with Crippen LogP contribution in [0, 0.1) is 11.7 Å². The van der Waals surface area contributed by atoms with Crippen molar-refractivity contribution in [1.82, 2.24) is 10.2 Å². The monoisotopic (exact) mass is 296 g/mol. The number of hydrogen-bond acceptors (Lipinski definition) is 4. The number of hydrogen-bond donors (Lipinski definition) is 1. The van der Waals surface area contributed by atoms with Crippen molar-refractivity contribution >= 4 is 0 Å². The summed E-state index contributed by atoms with van der Waals surface area (Å²) in [5.41, 5.74) is 0.952. The quantitative estimate of drug-likeness (QED) is 0.869. The van der Waals surface area contributed by atoms with Gasteiger partial charge in [-0.3, -0.25) is 0 Å². The Bertz CT molecular complexity index is 456. The Morgan fingerprint density at radius 2 is 2.29 bits per heavy atom. The second-order valence-electron chi connectivity index (χ2n) is 5.68. The van der Waals surface area contributed by atoms with Crippen LogP contribution >= 0.6 is 0 Å². The van der Waals surface area contributed by atoms with Crippen molar-refractivity contribution in [1.29, 1.82) is 0 Å². The third-order valence-electron chi connectivity index (χ3n) is 4.06. The Labute approximate surface area is 126 Å². The van der Waals surface area contributed by atoms with Gasteiger partial charge >= 0.3 is 0 Å². The molecule has 0 saturated carbocycles. The van der Waals surface area contributed by atoms with Gasteiger partial charge in [0.15, 0.2) is 11.6 Å². The van der Waals surface area contributed by atoms with Gasteiger partial charge in [-0.25, -0.2) is 4.39 Å². The molecule has 1 aliphatic heterocycles. The van der Waals surface area contributed by atoms with Gasteiger partial charge in [0.25, 0.3) is 0 Å². The van der Waals surface area contributed by atoms with Gasteiger partial charge in [-0.2, -0.15) is 0 Å². The smallest absolute Gasteiger partial charge is 0.165 e. The van der Waals surface area contributed by atoms with Crippen LogP contribution in [0.3, 0.4) is 0 Å². The topological polar surface area (TPSA) is 33.7 Å². The Hall–Kier alpha value is -1.17. The van der Waals surface area contributed by atoms with E-state index in [1.165, 1.54) is 7.11 Å². The molecule has 2 rings (SSSR count). The van der Waals surface area contributed by atoms with Crippen molar-refractivity contribution in [2.75, 3.05) is 41.0 Å². The third kappa shape index (κ3) is 4.40. The van der Waals surface area contributed by atoms with Crippen LogP contribution in [0.4, 0.5) is 4.39 Å². The summed E-state index contributed by atoms with van der Waals surface area (Å²) in [4.78, 5) is 2.21. The summed E-state index contributed by atoms with van der Waals surface area (Å²) in [5.74, 6) is 0.451. The van der Waals surface area contributed by atoms with Crippen molar-refractivity contribution in [2.45, 2.75) is 19.0 Å². The van der Waals surface area contributed by atoms with Gasteiger partial charge in [-0.1, -0.05) is 6.07 Å². The lowest BCUT2D eigenvalue weighted by atomic mass is 9.95. The van der Waals surface area contributed by atoms with Gasteiger partial charge in [0.05, 0.1) is 13.7 Å². The average Bonchev–Trinajstić information content (AvgIpc) is 2.48. The molecule has 0 bridgehead atoms. The van der Waals surface area contributed by atoms with Crippen LogP contribution in [0.1, 0.15) is 12.0 Å². The molecule has 1 aliphatic rings. The summed E-state index contributed by atoms with van der Waals surface area (Å²) in [5, 5.41) is 3.36. The zero-order valence-electron chi connectivity index (χ0n) is 13.1. The van der Waals surface area contributed by atoms with Crippen molar-refractivity contribution in [3.63, 3.8) is 0 Å². The summed E-state index contributed by atoms with van der Waals surface area (Å²) >= 11 is 0. The van der Waals surface area contributed by atoms with Crippen LogP contribution in [0.5, 0.6) is 5.75 Å². The molecule has 0 aliphatic carbocycles. The predicted molar refractivity (Wildman–Crippen MR) is 81.1 cm³/mol. The van der Waals surface area contributed by atoms with Gasteiger partial charge in [-0.15, -0.1) is 0 Å². The minimum absolute atomic E-state index is 0.289. The summed E-state index contributed by atoms with van der Waals surface area (Å²) in [6, 6.07) is 5.63. The molecule has 2 atom stereocenters. The largest absolute Gasteiger partial charge is 0.494 e. The minimum Gasteiger partial charge on any atom is -0.494 e. The van der Waals surface area contributed by atoms with Gasteiger partial charge in [0.2, 0.25) is 0 Å². The third-order valence-corrected chi connectivity index (χ3v) is 4.06. The maximum Gasteiger partial charge on any atom is 0.165 e. The van der Waals surface area contributed by atoms with Crippen LogP contribution in [-0.4, -0.2) is 51.9 Å². The fourth-order valence-corrected chi connectivity index (χ4v) is 2.94. The highest BCUT2D eigenvalue weighted by Crippen LogP contribution is 2.20. The second kappa shape index (κ2) is 7.73. The molecule has 1 N–H and O–H groups in total. The first-order valence-electron chi connectivity index (χ1n) is 7.40. The predicted octanol–water partition coefficient (Wildman–Crippen LogP) is 1.89. The summed E-state index contributed by atoms with van der Waals surface area (Å²) in [6.45, 7) is 3.26. The first-order chi connectivity index (χ1) is 10.1. The molecule has 118 valence electrons. The zero-order valence-corrected chi connectivity index (χ0v) is 13.1. The molecule has 2 unspecified atom stereocenters. The number of methoxy groups -OCH3 is 1. The SMILES string of the molecule is CNC1CCOCC1CN(C)Cc1ccc(OC)c(F)c1. The number of rotatable bonds is 6. The van der Waals surface area contributed by atoms with Gasteiger partial charge < -0.3 is 19.7 Å². The van der Waals surface area contributed by atoms with E-state index in [2.05, 4.69) is 17.3 Å². The van der Waals surface area contributed by atoms with Gasteiger partial charge in [0, 0.05) is 31.7 Å². The molecule has 0 aromatic heterocycles. The molecule has 1 aromatic rings. The van der Waals surface area contributed by atoms with E-state index in [9.17, 15) is 4.39 Å². The van der Waals surface area contributed by atoms with Crippen LogP contribution < -0.4 is 10.1 Å². The molecular formula is C16H25FN2O2. The first-order valence-corrected chi connectivity index (χ1v) is 7.40. The highest BCUT2D eigenvalue weighted by atomic mass is 19.1. The highest BCUT2D eigenvalue weighted by Gasteiger charge is 2.25.